The van der Waals surface area contributed by atoms with Crippen molar-refractivity contribution in [3.63, 3.8) is 0 Å². The third-order valence-electron chi connectivity index (χ3n) is 3.51. The summed E-state index contributed by atoms with van der Waals surface area (Å²) >= 11 is 8.57. The van der Waals surface area contributed by atoms with E-state index in [9.17, 15) is 9.59 Å². The van der Waals surface area contributed by atoms with E-state index in [0.29, 0.717) is 29.2 Å². The summed E-state index contributed by atoms with van der Waals surface area (Å²) in [5, 5.41) is 8.26. The smallest absolute Gasteiger partial charge is 0.261 e. The van der Waals surface area contributed by atoms with Gasteiger partial charge >= 0.3 is 0 Å². The summed E-state index contributed by atoms with van der Waals surface area (Å²) in [7, 11) is 1.57. The SMILES string of the molecule is CCCOc1ccc(Br)cc1C(=O)NC(=S)Nc1ccc(C(=O)NC)cc1. The van der Waals surface area contributed by atoms with E-state index < -0.39 is 0 Å². The van der Waals surface area contributed by atoms with Crippen LogP contribution in [0.3, 0.4) is 0 Å². The fourth-order valence-electron chi connectivity index (χ4n) is 2.20. The highest BCUT2D eigenvalue weighted by Gasteiger charge is 2.15. The number of carbonyl (C=O) groups excluding carboxylic acids is 2. The lowest BCUT2D eigenvalue weighted by atomic mass is 10.2. The number of hydrogen-bond acceptors (Lipinski definition) is 4. The summed E-state index contributed by atoms with van der Waals surface area (Å²) in [5.74, 6) is -0.0520. The minimum Gasteiger partial charge on any atom is -0.493 e. The lowest BCUT2D eigenvalue weighted by molar-refractivity contribution is 0.0958. The van der Waals surface area contributed by atoms with Crippen molar-refractivity contribution >= 4 is 50.8 Å². The first-order valence-corrected chi connectivity index (χ1v) is 9.51. The molecule has 2 rings (SSSR count). The van der Waals surface area contributed by atoms with E-state index in [2.05, 4.69) is 31.9 Å². The maximum atomic E-state index is 12.6. The van der Waals surface area contributed by atoms with Gasteiger partial charge < -0.3 is 15.4 Å². The number of carbonyl (C=O) groups is 2. The highest BCUT2D eigenvalue weighted by molar-refractivity contribution is 9.10. The van der Waals surface area contributed by atoms with Crippen molar-refractivity contribution in [2.45, 2.75) is 13.3 Å². The Morgan fingerprint density at radius 2 is 1.81 bits per heavy atom. The van der Waals surface area contributed by atoms with Gasteiger partial charge in [0.2, 0.25) is 0 Å². The first-order valence-electron chi connectivity index (χ1n) is 8.31. The third kappa shape index (κ3) is 6.04. The monoisotopic (exact) mass is 449 g/mol. The molecule has 0 bridgehead atoms. The number of amides is 2. The lowest BCUT2D eigenvalue weighted by Crippen LogP contribution is -2.34. The van der Waals surface area contributed by atoms with Gasteiger partial charge in [0, 0.05) is 22.8 Å². The highest BCUT2D eigenvalue weighted by Crippen LogP contribution is 2.23. The van der Waals surface area contributed by atoms with Crippen molar-refractivity contribution in [2.75, 3.05) is 19.0 Å². The number of anilines is 1. The summed E-state index contributed by atoms with van der Waals surface area (Å²) < 4.78 is 6.39. The van der Waals surface area contributed by atoms with Crippen LogP contribution in [0.15, 0.2) is 46.9 Å². The molecule has 0 radical (unpaired) electrons. The molecule has 6 nitrogen and oxygen atoms in total. The first kappa shape index (κ1) is 20.9. The summed E-state index contributed by atoms with van der Waals surface area (Å²) in [6, 6.07) is 12.0. The van der Waals surface area contributed by atoms with Crippen molar-refractivity contribution in [3.05, 3.63) is 58.1 Å². The van der Waals surface area contributed by atoms with E-state index in [1.165, 1.54) is 0 Å². The molecule has 3 N–H and O–H groups in total. The normalized spacial score (nSPS) is 10.0. The number of benzene rings is 2. The van der Waals surface area contributed by atoms with Crippen LogP contribution in [0.2, 0.25) is 0 Å². The van der Waals surface area contributed by atoms with Gasteiger partial charge in [-0.1, -0.05) is 22.9 Å². The van der Waals surface area contributed by atoms with Crippen LogP contribution < -0.4 is 20.7 Å². The molecule has 0 heterocycles. The van der Waals surface area contributed by atoms with Crippen LogP contribution in [-0.2, 0) is 0 Å². The van der Waals surface area contributed by atoms with Gasteiger partial charge in [-0.2, -0.15) is 0 Å². The molecule has 2 aromatic rings. The Hall–Kier alpha value is -2.45. The minimum absolute atomic E-state index is 0.147. The molecule has 27 heavy (non-hydrogen) atoms. The van der Waals surface area contributed by atoms with Crippen LogP contribution in [-0.4, -0.2) is 30.6 Å². The van der Waals surface area contributed by atoms with Crippen LogP contribution >= 0.6 is 28.1 Å². The molecule has 0 saturated carbocycles. The zero-order valence-electron chi connectivity index (χ0n) is 15.0. The van der Waals surface area contributed by atoms with Crippen LogP contribution in [0.5, 0.6) is 5.75 Å². The molecule has 142 valence electrons. The summed E-state index contributed by atoms with van der Waals surface area (Å²) in [5.41, 5.74) is 1.58. The molecule has 0 aliphatic carbocycles. The van der Waals surface area contributed by atoms with Crippen LogP contribution in [0.25, 0.3) is 0 Å². The Bertz CT molecular complexity index is 841. The molecular formula is C19H20BrN3O3S. The quantitative estimate of drug-likeness (QED) is 0.585. The predicted molar refractivity (Wildman–Crippen MR) is 113 cm³/mol. The van der Waals surface area contributed by atoms with E-state index in [4.69, 9.17) is 17.0 Å². The standard InChI is InChI=1S/C19H20BrN3O3S/c1-3-10-26-16-9-6-13(20)11-15(16)18(25)23-19(27)22-14-7-4-12(5-8-14)17(24)21-2/h4-9,11H,3,10H2,1-2H3,(H,21,24)(H2,22,23,25,27). The van der Waals surface area contributed by atoms with Gasteiger partial charge in [0.15, 0.2) is 5.11 Å². The summed E-state index contributed by atoms with van der Waals surface area (Å²) in [4.78, 5) is 24.1. The van der Waals surface area contributed by atoms with E-state index in [-0.39, 0.29) is 16.9 Å². The molecule has 0 fully saturated rings. The molecule has 0 spiro atoms. The van der Waals surface area contributed by atoms with Crippen LogP contribution in [0, 0.1) is 0 Å². The van der Waals surface area contributed by atoms with Crippen LogP contribution in [0.4, 0.5) is 5.69 Å². The average Bonchev–Trinajstić information content (AvgIpc) is 2.66. The Morgan fingerprint density at radius 1 is 1.11 bits per heavy atom. The Morgan fingerprint density at radius 3 is 2.44 bits per heavy atom. The summed E-state index contributed by atoms with van der Waals surface area (Å²) in [6.45, 7) is 2.51. The molecule has 0 unspecified atom stereocenters. The van der Waals surface area contributed by atoms with Gasteiger partial charge in [-0.3, -0.25) is 14.9 Å². The Kier molecular flexibility index (Phi) is 7.75. The van der Waals surface area contributed by atoms with Gasteiger partial charge in [0.25, 0.3) is 11.8 Å². The number of halogens is 1. The number of thiocarbonyl (C=S) groups is 1. The molecule has 0 aromatic heterocycles. The average molecular weight is 450 g/mol. The lowest BCUT2D eigenvalue weighted by Gasteiger charge is -2.13. The Balaban J connectivity index is 2.04. The third-order valence-corrected chi connectivity index (χ3v) is 4.20. The maximum absolute atomic E-state index is 12.6. The minimum atomic E-state index is -0.373. The molecule has 2 amide bonds. The van der Waals surface area contributed by atoms with Crippen molar-refractivity contribution in [1.29, 1.82) is 0 Å². The van der Waals surface area contributed by atoms with E-state index >= 15 is 0 Å². The second-order valence-electron chi connectivity index (χ2n) is 5.55. The maximum Gasteiger partial charge on any atom is 0.261 e. The number of nitrogens with one attached hydrogen (secondary N) is 3. The van der Waals surface area contributed by atoms with Crippen molar-refractivity contribution in [3.8, 4) is 5.75 Å². The predicted octanol–water partition coefficient (Wildman–Crippen LogP) is 3.72. The second kappa shape index (κ2) is 10.0. The second-order valence-corrected chi connectivity index (χ2v) is 6.88. The summed E-state index contributed by atoms with van der Waals surface area (Å²) in [6.07, 6.45) is 0.836. The highest BCUT2D eigenvalue weighted by atomic mass is 79.9. The molecule has 0 atom stereocenters. The van der Waals surface area contributed by atoms with Gasteiger partial charge in [0.05, 0.1) is 12.2 Å². The van der Waals surface area contributed by atoms with E-state index in [1.54, 1.807) is 43.4 Å². The van der Waals surface area contributed by atoms with Crippen molar-refractivity contribution < 1.29 is 14.3 Å². The van der Waals surface area contributed by atoms with E-state index in [1.807, 2.05) is 13.0 Å². The van der Waals surface area contributed by atoms with Gasteiger partial charge in [-0.25, -0.2) is 0 Å². The van der Waals surface area contributed by atoms with Gasteiger partial charge in [0.1, 0.15) is 5.75 Å². The molecular weight excluding hydrogens is 430 g/mol. The fraction of sp³-hybridized carbons (Fsp3) is 0.211. The molecule has 0 aliphatic heterocycles. The molecule has 2 aromatic carbocycles. The number of hydrogen-bond donors (Lipinski definition) is 3. The van der Waals surface area contributed by atoms with Gasteiger partial charge in [-0.15, -0.1) is 0 Å². The molecule has 0 saturated heterocycles. The molecule has 8 heteroatoms. The van der Waals surface area contributed by atoms with Gasteiger partial charge in [-0.05, 0) is 61.1 Å². The van der Waals surface area contributed by atoms with Crippen molar-refractivity contribution in [2.24, 2.45) is 0 Å². The largest absolute Gasteiger partial charge is 0.493 e. The topological polar surface area (TPSA) is 79.5 Å². The van der Waals surface area contributed by atoms with Crippen LogP contribution in [0.1, 0.15) is 34.1 Å². The number of ether oxygens (including phenoxy) is 1. The van der Waals surface area contributed by atoms with Crippen molar-refractivity contribution in [1.82, 2.24) is 10.6 Å². The van der Waals surface area contributed by atoms with E-state index in [0.717, 1.165) is 10.9 Å². The Labute approximate surface area is 171 Å². The molecule has 0 aliphatic rings. The zero-order valence-corrected chi connectivity index (χ0v) is 17.4. The fourth-order valence-corrected chi connectivity index (χ4v) is 2.77. The first-order chi connectivity index (χ1) is 12.9. The number of rotatable bonds is 6. The zero-order chi connectivity index (χ0) is 19.8.